The third-order valence-corrected chi connectivity index (χ3v) is 6.42. The quantitative estimate of drug-likeness (QED) is 0.202. The lowest BCUT2D eigenvalue weighted by Gasteiger charge is -2.40. The molecule has 206 valence electrons. The molecule has 1 heterocycles. The van der Waals surface area contributed by atoms with E-state index in [4.69, 9.17) is 14.2 Å². The van der Waals surface area contributed by atoms with Gasteiger partial charge < -0.3 is 19.5 Å². The number of hydrogen-bond donors (Lipinski definition) is 1. The van der Waals surface area contributed by atoms with Gasteiger partial charge in [0.2, 0.25) is 5.91 Å². The molecule has 36 heavy (non-hydrogen) atoms. The van der Waals surface area contributed by atoms with Crippen LogP contribution in [0.4, 0.5) is 0 Å². The van der Waals surface area contributed by atoms with Gasteiger partial charge >= 0.3 is 17.9 Å². The molecule has 0 bridgehead atoms. The van der Waals surface area contributed by atoms with Crippen molar-refractivity contribution in [3.05, 3.63) is 12.2 Å². The lowest BCUT2D eigenvalue weighted by Crippen LogP contribution is -2.40. The van der Waals surface area contributed by atoms with Gasteiger partial charge in [0.25, 0.3) is 0 Å². The molecule has 8 heteroatoms. The van der Waals surface area contributed by atoms with E-state index in [1.807, 2.05) is 6.92 Å². The topological polar surface area (TPSA) is 108 Å². The number of amides is 1. The maximum atomic E-state index is 12.9. The molecule has 1 aliphatic heterocycles. The Morgan fingerprint density at radius 3 is 2.22 bits per heavy atom. The molecule has 0 aromatic heterocycles. The predicted octanol–water partition coefficient (Wildman–Crippen LogP) is 4.89. The highest BCUT2D eigenvalue weighted by Gasteiger charge is 2.39. The summed E-state index contributed by atoms with van der Waals surface area (Å²) in [6.45, 7) is 20.4. The summed E-state index contributed by atoms with van der Waals surface area (Å²) in [6, 6.07) is -0.802. The van der Waals surface area contributed by atoms with E-state index in [0.29, 0.717) is 25.9 Å². The highest BCUT2D eigenvalue weighted by atomic mass is 16.6. The van der Waals surface area contributed by atoms with E-state index < -0.39 is 36.0 Å². The van der Waals surface area contributed by atoms with Gasteiger partial charge in [0.15, 0.2) is 0 Å². The first-order valence-corrected chi connectivity index (χ1v) is 13.1. The van der Waals surface area contributed by atoms with Crippen molar-refractivity contribution in [2.75, 3.05) is 6.61 Å². The van der Waals surface area contributed by atoms with E-state index in [1.165, 1.54) is 0 Å². The van der Waals surface area contributed by atoms with Crippen molar-refractivity contribution >= 4 is 23.8 Å². The Bertz CT molecular complexity index is 796. The van der Waals surface area contributed by atoms with Gasteiger partial charge in [0.05, 0.1) is 12.0 Å². The average Bonchev–Trinajstić information content (AvgIpc) is 3.19. The molecule has 1 saturated heterocycles. The Morgan fingerprint density at radius 2 is 1.75 bits per heavy atom. The molecule has 0 spiro atoms. The fraction of sp³-hybridized carbons (Fsp3) is 0.786. The molecule has 0 aliphatic carbocycles. The Morgan fingerprint density at radius 1 is 1.11 bits per heavy atom. The standard InChI is InChI=1S/C28H47NO7/c1-10-14-34-22(17-27(5,6)7)28(8,9)16-20(35-24(31)18(3)4)15-19(11-2)25(32)36-26(33)21-12-13-23(30)29-21/h19-22H,3,10-17H2,1-2,4-9H3,(H,29,30). The summed E-state index contributed by atoms with van der Waals surface area (Å²) in [7, 11) is 0. The van der Waals surface area contributed by atoms with Crippen LogP contribution in [0.25, 0.3) is 0 Å². The van der Waals surface area contributed by atoms with Crippen LogP contribution in [0.15, 0.2) is 12.2 Å². The summed E-state index contributed by atoms with van der Waals surface area (Å²) in [6.07, 6.45) is 2.65. The van der Waals surface area contributed by atoms with Crippen molar-refractivity contribution in [3.63, 3.8) is 0 Å². The second-order valence-electron chi connectivity index (χ2n) is 11.9. The van der Waals surface area contributed by atoms with Crippen LogP contribution in [0.2, 0.25) is 0 Å². The maximum absolute atomic E-state index is 12.9. The lowest BCUT2D eigenvalue weighted by atomic mass is 9.73. The van der Waals surface area contributed by atoms with Crippen molar-refractivity contribution in [2.24, 2.45) is 16.7 Å². The molecule has 1 N–H and O–H groups in total. The number of rotatable bonds is 14. The fourth-order valence-electron chi connectivity index (χ4n) is 4.31. The van der Waals surface area contributed by atoms with Crippen LogP contribution in [0.5, 0.6) is 0 Å². The number of ether oxygens (including phenoxy) is 3. The average molecular weight is 510 g/mol. The van der Waals surface area contributed by atoms with Crippen LogP contribution in [0, 0.1) is 16.7 Å². The van der Waals surface area contributed by atoms with E-state index in [1.54, 1.807) is 6.92 Å². The predicted molar refractivity (Wildman–Crippen MR) is 138 cm³/mol. The van der Waals surface area contributed by atoms with Gasteiger partial charge in [0, 0.05) is 18.6 Å². The van der Waals surface area contributed by atoms with Gasteiger partial charge in [-0.05, 0) is 56.3 Å². The number of nitrogens with one attached hydrogen (secondary N) is 1. The zero-order valence-corrected chi connectivity index (χ0v) is 23.5. The van der Waals surface area contributed by atoms with Gasteiger partial charge in [-0.3, -0.25) is 9.59 Å². The number of carbonyl (C=O) groups excluding carboxylic acids is 4. The molecule has 8 nitrogen and oxygen atoms in total. The van der Waals surface area contributed by atoms with Crippen LogP contribution < -0.4 is 5.32 Å². The largest absolute Gasteiger partial charge is 0.459 e. The first-order chi connectivity index (χ1) is 16.6. The monoisotopic (exact) mass is 509 g/mol. The second kappa shape index (κ2) is 13.9. The van der Waals surface area contributed by atoms with Gasteiger partial charge in [0.1, 0.15) is 12.1 Å². The minimum absolute atomic E-state index is 0.0331. The molecular weight excluding hydrogens is 462 g/mol. The molecule has 1 aliphatic rings. The molecule has 0 aromatic rings. The third-order valence-electron chi connectivity index (χ3n) is 6.42. The summed E-state index contributed by atoms with van der Waals surface area (Å²) < 4.78 is 17.2. The van der Waals surface area contributed by atoms with Crippen molar-refractivity contribution < 1.29 is 33.4 Å². The summed E-state index contributed by atoms with van der Waals surface area (Å²) in [5, 5.41) is 2.52. The van der Waals surface area contributed by atoms with Gasteiger partial charge in [-0.25, -0.2) is 9.59 Å². The Labute approximate surface area is 216 Å². The first-order valence-electron chi connectivity index (χ1n) is 13.1. The molecule has 0 radical (unpaired) electrons. The Kier molecular flexibility index (Phi) is 12.3. The zero-order chi connectivity index (χ0) is 27.7. The molecule has 0 aromatic carbocycles. The van der Waals surface area contributed by atoms with Crippen LogP contribution in [-0.2, 0) is 33.4 Å². The lowest BCUT2D eigenvalue weighted by molar-refractivity contribution is -0.167. The molecular formula is C28H47NO7. The van der Waals surface area contributed by atoms with Crippen molar-refractivity contribution in [1.29, 1.82) is 0 Å². The SMILES string of the molecule is C=C(C)C(=O)OC(CC(CC)C(=O)OC(=O)C1CCC(=O)N1)CC(C)(C)C(CC(C)(C)C)OCCC. The second-order valence-corrected chi connectivity index (χ2v) is 11.9. The van der Waals surface area contributed by atoms with Gasteiger partial charge in [-0.15, -0.1) is 0 Å². The summed E-state index contributed by atoms with van der Waals surface area (Å²) >= 11 is 0. The third kappa shape index (κ3) is 10.8. The molecule has 4 atom stereocenters. The summed E-state index contributed by atoms with van der Waals surface area (Å²) in [5.41, 5.74) is -0.0611. The molecule has 1 rings (SSSR count). The fourth-order valence-corrected chi connectivity index (χ4v) is 4.31. The Hall–Kier alpha value is -2.22. The van der Waals surface area contributed by atoms with E-state index in [0.717, 1.165) is 12.8 Å². The van der Waals surface area contributed by atoms with Gasteiger partial charge in [-0.1, -0.05) is 55.0 Å². The highest BCUT2D eigenvalue weighted by Crippen LogP contribution is 2.38. The normalized spacial score (nSPS) is 18.7. The zero-order valence-electron chi connectivity index (χ0n) is 23.5. The molecule has 1 amide bonds. The van der Waals surface area contributed by atoms with Crippen LogP contribution in [0.3, 0.4) is 0 Å². The van der Waals surface area contributed by atoms with Crippen molar-refractivity contribution in [1.82, 2.24) is 5.32 Å². The number of hydrogen-bond acceptors (Lipinski definition) is 7. The van der Waals surface area contributed by atoms with Gasteiger partial charge in [-0.2, -0.15) is 0 Å². The maximum Gasteiger partial charge on any atom is 0.336 e. The van der Waals surface area contributed by atoms with Crippen LogP contribution in [0.1, 0.15) is 100 Å². The smallest absolute Gasteiger partial charge is 0.336 e. The van der Waals surface area contributed by atoms with E-state index >= 15 is 0 Å². The molecule has 1 fully saturated rings. The number of esters is 3. The number of carbonyl (C=O) groups is 4. The van der Waals surface area contributed by atoms with Crippen LogP contribution >= 0.6 is 0 Å². The van der Waals surface area contributed by atoms with Crippen LogP contribution in [-0.4, -0.2) is 48.7 Å². The molecule has 0 saturated carbocycles. The minimum Gasteiger partial charge on any atom is -0.459 e. The Balaban J connectivity index is 3.05. The summed E-state index contributed by atoms with van der Waals surface area (Å²) in [5.74, 6) is -2.84. The van der Waals surface area contributed by atoms with E-state index in [2.05, 4.69) is 53.4 Å². The molecule has 4 unspecified atom stereocenters. The summed E-state index contributed by atoms with van der Waals surface area (Å²) in [4.78, 5) is 49.1. The van der Waals surface area contributed by atoms with E-state index in [9.17, 15) is 19.2 Å². The highest BCUT2D eigenvalue weighted by molar-refractivity contribution is 5.94. The van der Waals surface area contributed by atoms with Crippen molar-refractivity contribution in [2.45, 2.75) is 119 Å². The van der Waals surface area contributed by atoms with Crippen molar-refractivity contribution in [3.8, 4) is 0 Å². The first kappa shape index (κ1) is 31.8. The minimum atomic E-state index is -0.802. The van der Waals surface area contributed by atoms with E-state index in [-0.39, 0.29) is 41.3 Å².